The molecule has 0 aliphatic heterocycles. The van der Waals surface area contributed by atoms with Crippen LogP contribution >= 0.6 is 0 Å². The summed E-state index contributed by atoms with van der Waals surface area (Å²) in [5, 5.41) is 28.5. The SMILES string of the molecule is C/C(=C\C=C(/C#N)C(C)C)CC/C=C(\C)CCC(O)C(C)(C)O. The van der Waals surface area contributed by atoms with Gasteiger partial charge >= 0.3 is 0 Å². The Hall–Kier alpha value is -1.37. The smallest absolute Gasteiger partial charge is 0.0949 e. The molecular weight excluding hydrogens is 286 g/mol. The molecular formula is C20H33NO2. The Balaban J connectivity index is 4.34. The monoisotopic (exact) mass is 319 g/mol. The average molecular weight is 319 g/mol. The fraction of sp³-hybridized carbons (Fsp3) is 0.650. The molecule has 1 unspecified atom stereocenters. The zero-order chi connectivity index (χ0) is 18.0. The van der Waals surface area contributed by atoms with Crippen LogP contribution in [0.2, 0.25) is 0 Å². The minimum Gasteiger partial charge on any atom is -0.390 e. The van der Waals surface area contributed by atoms with Crippen molar-refractivity contribution in [3.63, 3.8) is 0 Å². The van der Waals surface area contributed by atoms with Gasteiger partial charge in [-0.05, 0) is 65.4 Å². The van der Waals surface area contributed by atoms with E-state index in [0.717, 1.165) is 24.8 Å². The minimum atomic E-state index is -1.04. The van der Waals surface area contributed by atoms with E-state index in [1.807, 2.05) is 26.0 Å². The van der Waals surface area contributed by atoms with Crippen LogP contribution in [0.3, 0.4) is 0 Å². The number of hydrogen-bond acceptors (Lipinski definition) is 3. The van der Waals surface area contributed by atoms with Crippen LogP contribution in [-0.2, 0) is 0 Å². The van der Waals surface area contributed by atoms with Crippen molar-refractivity contribution in [1.82, 2.24) is 0 Å². The first-order valence-corrected chi connectivity index (χ1v) is 8.41. The number of nitrogens with zero attached hydrogens (tertiary/aromatic N) is 1. The fourth-order valence-corrected chi connectivity index (χ4v) is 2.04. The van der Waals surface area contributed by atoms with Gasteiger partial charge in [-0.3, -0.25) is 0 Å². The molecule has 3 nitrogen and oxygen atoms in total. The number of allylic oxidation sites excluding steroid dienone is 6. The molecule has 0 radical (unpaired) electrons. The average Bonchev–Trinajstić information content (AvgIpc) is 2.43. The predicted octanol–water partition coefficient (Wildman–Crippen LogP) is 4.68. The van der Waals surface area contributed by atoms with Crippen molar-refractivity contribution < 1.29 is 10.2 Å². The first kappa shape index (κ1) is 21.6. The lowest BCUT2D eigenvalue weighted by Gasteiger charge is -2.24. The zero-order valence-corrected chi connectivity index (χ0v) is 15.6. The van der Waals surface area contributed by atoms with Gasteiger partial charge in [0.05, 0.1) is 17.8 Å². The lowest BCUT2D eigenvalue weighted by molar-refractivity contribution is -0.0509. The molecule has 0 aromatic carbocycles. The van der Waals surface area contributed by atoms with Crippen LogP contribution in [0.1, 0.15) is 67.2 Å². The van der Waals surface area contributed by atoms with Crippen LogP contribution in [0, 0.1) is 17.2 Å². The third-order valence-corrected chi connectivity index (χ3v) is 3.96. The molecule has 0 aliphatic rings. The van der Waals surface area contributed by atoms with E-state index < -0.39 is 11.7 Å². The highest BCUT2D eigenvalue weighted by Crippen LogP contribution is 2.17. The summed E-state index contributed by atoms with van der Waals surface area (Å²) in [6.45, 7) is 11.4. The van der Waals surface area contributed by atoms with Crippen LogP contribution < -0.4 is 0 Å². The molecule has 0 aromatic rings. The number of aliphatic hydroxyl groups excluding tert-OH is 1. The highest BCUT2D eigenvalue weighted by molar-refractivity contribution is 5.28. The van der Waals surface area contributed by atoms with Crippen molar-refractivity contribution in [2.45, 2.75) is 78.9 Å². The van der Waals surface area contributed by atoms with Gasteiger partial charge < -0.3 is 10.2 Å². The molecule has 0 amide bonds. The topological polar surface area (TPSA) is 64.2 Å². The molecule has 130 valence electrons. The summed E-state index contributed by atoms with van der Waals surface area (Å²) in [6.07, 6.45) is 8.70. The maximum atomic E-state index is 9.82. The van der Waals surface area contributed by atoms with E-state index in [1.54, 1.807) is 13.8 Å². The zero-order valence-electron chi connectivity index (χ0n) is 15.6. The molecule has 2 N–H and O–H groups in total. The summed E-state index contributed by atoms with van der Waals surface area (Å²) < 4.78 is 0. The first-order chi connectivity index (χ1) is 10.6. The quantitative estimate of drug-likeness (QED) is 0.368. The van der Waals surface area contributed by atoms with Crippen molar-refractivity contribution in [3.8, 4) is 6.07 Å². The van der Waals surface area contributed by atoms with Gasteiger partial charge in [0.1, 0.15) is 0 Å². The van der Waals surface area contributed by atoms with E-state index in [0.29, 0.717) is 6.42 Å². The molecule has 3 heteroatoms. The van der Waals surface area contributed by atoms with Gasteiger partial charge in [0, 0.05) is 5.57 Å². The summed E-state index contributed by atoms with van der Waals surface area (Å²) >= 11 is 0. The minimum absolute atomic E-state index is 0.258. The van der Waals surface area contributed by atoms with Gasteiger partial charge in [0.2, 0.25) is 0 Å². The second-order valence-electron chi connectivity index (χ2n) is 7.20. The maximum Gasteiger partial charge on any atom is 0.0949 e. The van der Waals surface area contributed by atoms with Gasteiger partial charge in [-0.15, -0.1) is 0 Å². The Bertz CT molecular complexity index is 485. The van der Waals surface area contributed by atoms with E-state index in [1.165, 1.54) is 11.1 Å². The van der Waals surface area contributed by atoms with E-state index in [2.05, 4.69) is 26.0 Å². The normalized spacial score (nSPS) is 15.7. The molecule has 0 saturated carbocycles. The number of hydrogen-bond donors (Lipinski definition) is 2. The van der Waals surface area contributed by atoms with Crippen molar-refractivity contribution in [2.24, 2.45) is 5.92 Å². The van der Waals surface area contributed by atoms with E-state index in [9.17, 15) is 10.2 Å². The van der Waals surface area contributed by atoms with Crippen LogP contribution in [0.5, 0.6) is 0 Å². The lowest BCUT2D eigenvalue weighted by Crippen LogP contribution is -2.35. The second kappa shape index (κ2) is 10.4. The van der Waals surface area contributed by atoms with Gasteiger partial charge in [0.25, 0.3) is 0 Å². The Kier molecular flexibility index (Phi) is 9.79. The molecule has 0 saturated heterocycles. The molecule has 1 atom stereocenters. The van der Waals surface area contributed by atoms with Crippen LogP contribution in [0.25, 0.3) is 0 Å². The Morgan fingerprint density at radius 2 is 1.74 bits per heavy atom. The van der Waals surface area contributed by atoms with Gasteiger partial charge in [0.15, 0.2) is 0 Å². The molecule has 0 aromatic heterocycles. The van der Waals surface area contributed by atoms with E-state index >= 15 is 0 Å². The number of aliphatic hydroxyl groups is 2. The number of rotatable bonds is 9. The standard InChI is InChI=1S/C20H33NO2/c1-15(2)18(14-21)12-10-16(3)8-7-9-17(4)11-13-19(22)20(5,6)23/h9-10,12,15,19,22-23H,7-8,11,13H2,1-6H3/b16-10+,17-9+,18-12+. The number of nitriles is 1. The Morgan fingerprint density at radius 1 is 1.13 bits per heavy atom. The molecule has 0 aliphatic carbocycles. The van der Waals surface area contributed by atoms with E-state index in [4.69, 9.17) is 5.26 Å². The van der Waals surface area contributed by atoms with Crippen LogP contribution in [0.4, 0.5) is 0 Å². The molecule has 0 rings (SSSR count). The van der Waals surface area contributed by atoms with Crippen molar-refractivity contribution in [2.75, 3.05) is 0 Å². The highest BCUT2D eigenvalue weighted by Gasteiger charge is 2.23. The van der Waals surface area contributed by atoms with Crippen molar-refractivity contribution >= 4 is 0 Å². The Morgan fingerprint density at radius 3 is 2.22 bits per heavy atom. The lowest BCUT2D eigenvalue weighted by atomic mass is 9.95. The predicted molar refractivity (Wildman–Crippen MR) is 96.8 cm³/mol. The van der Waals surface area contributed by atoms with Gasteiger partial charge in [-0.1, -0.05) is 37.1 Å². The van der Waals surface area contributed by atoms with Crippen molar-refractivity contribution in [3.05, 3.63) is 34.9 Å². The molecule has 0 heterocycles. The molecule has 0 spiro atoms. The van der Waals surface area contributed by atoms with Crippen molar-refractivity contribution in [1.29, 1.82) is 5.26 Å². The summed E-state index contributed by atoms with van der Waals surface area (Å²) in [5.74, 6) is 0.258. The summed E-state index contributed by atoms with van der Waals surface area (Å²) in [6, 6.07) is 2.23. The van der Waals surface area contributed by atoms with Crippen LogP contribution in [-0.4, -0.2) is 21.9 Å². The second-order valence-corrected chi connectivity index (χ2v) is 7.20. The summed E-state index contributed by atoms with van der Waals surface area (Å²) in [5.41, 5.74) is 2.24. The van der Waals surface area contributed by atoms with E-state index in [-0.39, 0.29) is 5.92 Å². The summed E-state index contributed by atoms with van der Waals surface area (Å²) in [4.78, 5) is 0. The fourth-order valence-electron chi connectivity index (χ4n) is 2.04. The third-order valence-electron chi connectivity index (χ3n) is 3.96. The van der Waals surface area contributed by atoms with Gasteiger partial charge in [-0.25, -0.2) is 0 Å². The largest absolute Gasteiger partial charge is 0.390 e. The summed E-state index contributed by atoms with van der Waals surface area (Å²) in [7, 11) is 0. The third kappa shape index (κ3) is 10.1. The molecule has 0 fully saturated rings. The first-order valence-electron chi connectivity index (χ1n) is 8.41. The maximum absolute atomic E-state index is 9.82. The molecule has 0 bridgehead atoms. The highest BCUT2D eigenvalue weighted by atomic mass is 16.3. The van der Waals surface area contributed by atoms with Crippen LogP contribution in [0.15, 0.2) is 34.9 Å². The van der Waals surface area contributed by atoms with Gasteiger partial charge in [-0.2, -0.15) is 5.26 Å². The Labute approximate surface area is 142 Å². The molecule has 23 heavy (non-hydrogen) atoms.